The Morgan fingerprint density at radius 3 is 2.70 bits per heavy atom. The van der Waals surface area contributed by atoms with Gasteiger partial charge in [0.2, 0.25) is 5.91 Å². The molecule has 1 heterocycles. The number of unbranched alkanes of at least 4 members (excludes halogenated alkanes) is 1. The molecule has 1 aliphatic carbocycles. The molecule has 5 nitrogen and oxygen atoms in total. The maximum absolute atomic E-state index is 13.6. The van der Waals surface area contributed by atoms with Crippen molar-refractivity contribution in [3.8, 4) is 5.75 Å². The highest BCUT2D eigenvalue weighted by molar-refractivity contribution is 6.06. The average Bonchev–Trinajstić information content (AvgIpc) is 2.92. The van der Waals surface area contributed by atoms with Crippen LogP contribution < -0.4 is 15.0 Å². The van der Waals surface area contributed by atoms with E-state index in [4.69, 9.17) is 4.74 Å². The van der Waals surface area contributed by atoms with E-state index in [2.05, 4.69) is 12.2 Å². The summed E-state index contributed by atoms with van der Waals surface area (Å²) in [7, 11) is 1.63. The lowest BCUT2D eigenvalue weighted by Crippen LogP contribution is -2.38. The number of anilines is 2. The van der Waals surface area contributed by atoms with Crippen molar-refractivity contribution in [1.29, 1.82) is 0 Å². The van der Waals surface area contributed by atoms with Crippen LogP contribution in [0.15, 0.2) is 59.8 Å². The minimum Gasteiger partial charge on any atom is -0.496 e. The van der Waals surface area contributed by atoms with Crippen LogP contribution in [0.25, 0.3) is 0 Å². The number of hydrogen-bond acceptors (Lipinski definition) is 4. The number of hydrogen-bond donors (Lipinski definition) is 1. The maximum atomic E-state index is 13.6. The van der Waals surface area contributed by atoms with Gasteiger partial charge in [-0.05, 0) is 37.5 Å². The topological polar surface area (TPSA) is 58.6 Å². The number of fused-ring (bicyclic) bond motifs is 1. The highest BCUT2D eigenvalue weighted by Crippen LogP contribution is 2.46. The summed E-state index contributed by atoms with van der Waals surface area (Å²) in [4.78, 5) is 28.6. The number of benzene rings is 2. The molecule has 2 aromatic carbocycles. The molecule has 1 amide bonds. The van der Waals surface area contributed by atoms with Gasteiger partial charge in [-0.2, -0.15) is 0 Å². The lowest BCUT2D eigenvalue weighted by molar-refractivity contribution is -0.119. The molecule has 2 aliphatic rings. The molecule has 0 bridgehead atoms. The second kappa shape index (κ2) is 8.74. The number of nitrogens with zero attached hydrogens (tertiary/aromatic N) is 1. The molecule has 0 saturated carbocycles. The zero-order valence-electron chi connectivity index (χ0n) is 17.6. The number of allylic oxidation sites excluding steroid dienone is 1. The van der Waals surface area contributed by atoms with E-state index in [1.165, 1.54) is 0 Å². The zero-order chi connectivity index (χ0) is 21.1. The molecule has 1 atom stereocenters. The minimum atomic E-state index is -0.510. The molecule has 156 valence electrons. The van der Waals surface area contributed by atoms with Crippen molar-refractivity contribution in [2.24, 2.45) is 0 Å². The normalized spacial score (nSPS) is 18.3. The Bertz CT molecular complexity index is 995. The van der Waals surface area contributed by atoms with Gasteiger partial charge in [-0.1, -0.05) is 43.7 Å². The summed E-state index contributed by atoms with van der Waals surface area (Å²) < 4.78 is 5.66. The van der Waals surface area contributed by atoms with Gasteiger partial charge in [0.05, 0.1) is 24.5 Å². The van der Waals surface area contributed by atoms with Crippen molar-refractivity contribution in [3.05, 3.63) is 65.4 Å². The number of methoxy groups -OCH3 is 1. The van der Waals surface area contributed by atoms with Crippen LogP contribution in [0.5, 0.6) is 5.75 Å². The molecular formula is C25H28N2O3. The Morgan fingerprint density at radius 1 is 1.13 bits per heavy atom. The molecule has 0 saturated heterocycles. The van der Waals surface area contributed by atoms with Crippen molar-refractivity contribution in [2.75, 3.05) is 17.3 Å². The number of carbonyl (C=O) groups excluding carboxylic acids is 2. The second-order valence-corrected chi connectivity index (χ2v) is 7.82. The largest absolute Gasteiger partial charge is 0.496 e. The molecule has 0 aromatic heterocycles. The molecular weight excluding hydrogens is 376 g/mol. The van der Waals surface area contributed by atoms with E-state index in [1.54, 1.807) is 7.11 Å². The third-order valence-corrected chi connectivity index (χ3v) is 5.88. The average molecular weight is 405 g/mol. The summed E-state index contributed by atoms with van der Waals surface area (Å²) in [5.74, 6) is 0.801. The maximum Gasteiger partial charge on any atom is 0.227 e. The first-order valence-electron chi connectivity index (χ1n) is 10.7. The van der Waals surface area contributed by atoms with Gasteiger partial charge in [0, 0.05) is 29.7 Å². The number of para-hydroxylation sites is 3. The standard InChI is InChI=1S/C25H28N2O3/c1-3-4-16-23(29)27-20-13-7-6-11-18(20)26-19-12-9-14-21(28)24(19)25(27)17-10-5-8-15-22(17)30-2/h5-8,10-11,13,15,25-26H,3-4,9,12,14,16H2,1-2H3/t25-/m0/s1. The lowest BCUT2D eigenvalue weighted by Gasteiger charge is -2.34. The van der Waals surface area contributed by atoms with Gasteiger partial charge in [0.15, 0.2) is 5.78 Å². The van der Waals surface area contributed by atoms with Crippen molar-refractivity contribution in [2.45, 2.75) is 51.5 Å². The minimum absolute atomic E-state index is 0.0223. The number of amides is 1. The number of ketones is 1. The van der Waals surface area contributed by atoms with Crippen LogP contribution in [0.1, 0.15) is 57.1 Å². The molecule has 0 radical (unpaired) electrons. The quantitative estimate of drug-likeness (QED) is 0.726. The van der Waals surface area contributed by atoms with Crippen LogP contribution in [0.4, 0.5) is 11.4 Å². The summed E-state index contributed by atoms with van der Waals surface area (Å²) >= 11 is 0. The van der Waals surface area contributed by atoms with Crippen molar-refractivity contribution < 1.29 is 14.3 Å². The summed E-state index contributed by atoms with van der Waals surface area (Å²) in [6.45, 7) is 2.08. The van der Waals surface area contributed by atoms with Gasteiger partial charge in [-0.15, -0.1) is 0 Å². The van der Waals surface area contributed by atoms with Crippen LogP contribution in [0, 0.1) is 0 Å². The molecule has 30 heavy (non-hydrogen) atoms. The van der Waals surface area contributed by atoms with Crippen molar-refractivity contribution >= 4 is 23.1 Å². The fraction of sp³-hybridized carbons (Fsp3) is 0.360. The van der Waals surface area contributed by atoms with Gasteiger partial charge in [-0.25, -0.2) is 0 Å². The Balaban J connectivity index is 1.98. The molecule has 0 spiro atoms. The predicted octanol–water partition coefficient (Wildman–Crippen LogP) is 5.39. The van der Waals surface area contributed by atoms with E-state index in [0.29, 0.717) is 24.2 Å². The van der Waals surface area contributed by atoms with Crippen molar-refractivity contribution in [1.82, 2.24) is 0 Å². The monoisotopic (exact) mass is 404 g/mol. The first-order valence-corrected chi connectivity index (χ1v) is 10.7. The number of carbonyl (C=O) groups is 2. The number of Topliss-reactive ketones (excluding diaryl/α,β-unsaturated/α-hetero) is 1. The Labute approximate surface area is 177 Å². The van der Waals surface area contributed by atoms with Gasteiger partial charge < -0.3 is 10.1 Å². The lowest BCUT2D eigenvalue weighted by atomic mass is 9.85. The predicted molar refractivity (Wildman–Crippen MR) is 119 cm³/mol. The van der Waals surface area contributed by atoms with Gasteiger partial charge in [0.1, 0.15) is 5.75 Å². The molecule has 4 rings (SSSR count). The third-order valence-electron chi connectivity index (χ3n) is 5.88. The Morgan fingerprint density at radius 2 is 1.90 bits per heavy atom. The second-order valence-electron chi connectivity index (χ2n) is 7.82. The fourth-order valence-corrected chi connectivity index (χ4v) is 4.44. The van der Waals surface area contributed by atoms with E-state index in [9.17, 15) is 9.59 Å². The van der Waals surface area contributed by atoms with Gasteiger partial charge in [0.25, 0.3) is 0 Å². The van der Waals surface area contributed by atoms with Crippen LogP contribution in [-0.4, -0.2) is 18.8 Å². The fourth-order valence-electron chi connectivity index (χ4n) is 4.44. The summed E-state index contributed by atoms with van der Waals surface area (Å²) in [5.41, 5.74) is 4.11. The Hall–Kier alpha value is -3.08. The first kappa shape index (κ1) is 20.2. The number of ether oxygens (including phenoxy) is 1. The molecule has 2 aromatic rings. The highest BCUT2D eigenvalue weighted by Gasteiger charge is 2.40. The summed E-state index contributed by atoms with van der Waals surface area (Å²) in [6.07, 6.45) is 4.29. The Kier molecular flexibility index (Phi) is 5.88. The van der Waals surface area contributed by atoms with Crippen LogP contribution >= 0.6 is 0 Å². The first-order chi connectivity index (χ1) is 14.7. The van der Waals surface area contributed by atoms with Crippen molar-refractivity contribution in [3.63, 3.8) is 0 Å². The summed E-state index contributed by atoms with van der Waals surface area (Å²) in [6, 6.07) is 15.0. The molecule has 0 unspecified atom stereocenters. The summed E-state index contributed by atoms with van der Waals surface area (Å²) in [5, 5.41) is 3.49. The van der Waals surface area contributed by atoms with E-state index in [0.717, 1.165) is 48.3 Å². The van der Waals surface area contributed by atoms with Crippen LogP contribution in [-0.2, 0) is 9.59 Å². The highest BCUT2D eigenvalue weighted by atomic mass is 16.5. The van der Waals surface area contributed by atoms with E-state index >= 15 is 0 Å². The van der Waals surface area contributed by atoms with E-state index in [-0.39, 0.29) is 11.7 Å². The number of nitrogens with one attached hydrogen (secondary N) is 1. The molecule has 0 fully saturated rings. The van der Waals surface area contributed by atoms with Crippen LogP contribution in [0.2, 0.25) is 0 Å². The SMILES string of the molecule is CCCCC(=O)N1c2ccccc2NC2=C(C(=O)CCC2)[C@@H]1c1ccccc1OC. The molecule has 5 heteroatoms. The van der Waals surface area contributed by atoms with Gasteiger partial charge >= 0.3 is 0 Å². The third kappa shape index (κ3) is 3.60. The van der Waals surface area contributed by atoms with Gasteiger partial charge in [-0.3, -0.25) is 14.5 Å². The van der Waals surface area contributed by atoms with E-state index < -0.39 is 6.04 Å². The van der Waals surface area contributed by atoms with E-state index in [1.807, 2.05) is 53.4 Å². The molecule has 1 aliphatic heterocycles. The smallest absolute Gasteiger partial charge is 0.227 e. The zero-order valence-corrected chi connectivity index (χ0v) is 17.6. The van der Waals surface area contributed by atoms with Crippen LogP contribution in [0.3, 0.4) is 0 Å². The number of rotatable bonds is 5. The molecule has 1 N–H and O–H groups in total.